The summed E-state index contributed by atoms with van der Waals surface area (Å²) >= 11 is 0. The molecule has 1 N–H and O–H groups in total. The van der Waals surface area contributed by atoms with E-state index in [1.165, 1.54) is 0 Å². The number of ether oxygens (including phenoxy) is 1. The van der Waals surface area contributed by atoms with Crippen LogP contribution in [-0.2, 0) is 16.0 Å². The number of anilines is 2. The van der Waals surface area contributed by atoms with Gasteiger partial charge in [-0.2, -0.15) is 0 Å². The van der Waals surface area contributed by atoms with Crippen LogP contribution in [-0.4, -0.2) is 24.5 Å². The van der Waals surface area contributed by atoms with Gasteiger partial charge >= 0.3 is 0 Å². The fourth-order valence-corrected chi connectivity index (χ4v) is 3.27. The van der Waals surface area contributed by atoms with E-state index in [0.29, 0.717) is 24.5 Å². The molecule has 148 valence electrons. The number of hydrogen-bond donors (Lipinski definition) is 1. The number of aryl methyl sites for hydroxylation is 1. The largest absolute Gasteiger partial charge is 0.481 e. The van der Waals surface area contributed by atoms with Gasteiger partial charge in [0.2, 0.25) is 5.91 Å². The highest BCUT2D eigenvalue weighted by atomic mass is 16.5. The summed E-state index contributed by atoms with van der Waals surface area (Å²) in [6.45, 7) is 6.78. The first-order valence-corrected chi connectivity index (χ1v) is 9.90. The van der Waals surface area contributed by atoms with E-state index in [1.807, 2.05) is 53.4 Å². The van der Waals surface area contributed by atoms with E-state index in [0.717, 1.165) is 29.9 Å². The van der Waals surface area contributed by atoms with Crippen molar-refractivity contribution in [3.05, 3.63) is 54.1 Å². The third kappa shape index (κ3) is 4.91. The molecule has 5 heteroatoms. The minimum absolute atomic E-state index is 0.176. The fraction of sp³-hybridized carbons (Fsp3) is 0.391. The van der Waals surface area contributed by atoms with Gasteiger partial charge in [0.05, 0.1) is 0 Å². The molecule has 0 aromatic heterocycles. The Morgan fingerprint density at radius 1 is 1.11 bits per heavy atom. The molecule has 1 unspecified atom stereocenters. The second-order valence-electron chi connectivity index (χ2n) is 7.63. The van der Waals surface area contributed by atoms with Gasteiger partial charge in [0.15, 0.2) is 6.10 Å². The lowest BCUT2D eigenvalue weighted by molar-refractivity contribution is -0.122. The normalized spacial score (nSPS) is 14.6. The highest BCUT2D eigenvalue weighted by molar-refractivity contribution is 5.98. The van der Waals surface area contributed by atoms with Crippen LogP contribution >= 0.6 is 0 Å². The predicted octanol–water partition coefficient (Wildman–Crippen LogP) is 4.42. The van der Waals surface area contributed by atoms with Gasteiger partial charge in [-0.15, -0.1) is 0 Å². The number of rotatable bonds is 7. The Bertz CT molecular complexity index is 833. The predicted molar refractivity (Wildman–Crippen MR) is 112 cm³/mol. The lowest BCUT2D eigenvalue weighted by Gasteiger charge is -2.30. The molecule has 1 aliphatic rings. The Hall–Kier alpha value is -2.82. The smallest absolute Gasteiger partial charge is 0.265 e. The second kappa shape index (κ2) is 8.91. The van der Waals surface area contributed by atoms with Crippen molar-refractivity contribution in [3.63, 3.8) is 0 Å². The first kappa shape index (κ1) is 19.9. The van der Waals surface area contributed by atoms with E-state index in [2.05, 4.69) is 19.2 Å². The topological polar surface area (TPSA) is 58.6 Å². The molecule has 0 spiro atoms. The van der Waals surface area contributed by atoms with Crippen LogP contribution in [0.1, 0.15) is 39.2 Å². The summed E-state index contributed by atoms with van der Waals surface area (Å²) in [5.41, 5.74) is 2.78. The summed E-state index contributed by atoms with van der Waals surface area (Å²) in [5, 5.41) is 2.92. The summed E-state index contributed by atoms with van der Waals surface area (Å²) in [5.74, 6) is 1.18. The van der Waals surface area contributed by atoms with Gasteiger partial charge in [-0.1, -0.05) is 32.0 Å². The molecular formula is C23H28N2O3. The Labute approximate surface area is 166 Å². The van der Waals surface area contributed by atoms with E-state index >= 15 is 0 Å². The van der Waals surface area contributed by atoms with Crippen molar-refractivity contribution in [2.45, 2.75) is 46.1 Å². The van der Waals surface area contributed by atoms with Crippen LogP contribution in [0.25, 0.3) is 0 Å². The van der Waals surface area contributed by atoms with E-state index in [4.69, 9.17) is 4.74 Å². The van der Waals surface area contributed by atoms with Crippen LogP contribution in [0.15, 0.2) is 48.5 Å². The van der Waals surface area contributed by atoms with Crippen molar-refractivity contribution in [2.24, 2.45) is 5.92 Å². The van der Waals surface area contributed by atoms with E-state index in [9.17, 15) is 9.59 Å². The molecule has 2 aromatic carbocycles. The highest BCUT2D eigenvalue weighted by Gasteiger charge is 2.24. The average Bonchev–Trinajstić information content (AvgIpc) is 2.68. The van der Waals surface area contributed by atoms with Crippen LogP contribution < -0.4 is 15.0 Å². The Morgan fingerprint density at radius 3 is 2.57 bits per heavy atom. The number of carbonyl (C=O) groups is 2. The molecule has 0 bridgehead atoms. The summed E-state index contributed by atoms with van der Waals surface area (Å²) in [7, 11) is 0. The molecule has 0 saturated heterocycles. The third-order valence-electron chi connectivity index (χ3n) is 4.90. The number of nitrogens with one attached hydrogen (secondary N) is 1. The maximum Gasteiger partial charge on any atom is 0.265 e. The highest BCUT2D eigenvalue weighted by Crippen LogP contribution is 2.31. The van der Waals surface area contributed by atoms with Crippen molar-refractivity contribution in [3.8, 4) is 5.75 Å². The quantitative estimate of drug-likeness (QED) is 0.774. The van der Waals surface area contributed by atoms with Crippen LogP contribution in [0.2, 0.25) is 0 Å². The van der Waals surface area contributed by atoms with Crippen molar-refractivity contribution in [1.82, 2.24) is 0 Å². The maximum absolute atomic E-state index is 12.5. The molecule has 3 rings (SSSR count). The standard InChI is InChI=1S/C23H28N2O3/c1-16(2)13-14-25-21-11-10-19(15-18(21)9-12-22(25)26)24-23(27)17(3)28-20-7-5-4-6-8-20/h4-8,10-11,15-17H,9,12-14H2,1-3H3,(H,24,27). The van der Waals surface area contributed by atoms with E-state index in [1.54, 1.807) is 6.92 Å². The Balaban J connectivity index is 1.67. The molecule has 1 heterocycles. The molecule has 2 aromatic rings. The van der Waals surface area contributed by atoms with Crippen LogP contribution in [0, 0.1) is 5.92 Å². The second-order valence-corrected chi connectivity index (χ2v) is 7.63. The number of fused-ring (bicyclic) bond motifs is 1. The summed E-state index contributed by atoms with van der Waals surface area (Å²) in [6, 6.07) is 15.1. The molecule has 0 radical (unpaired) electrons. The monoisotopic (exact) mass is 380 g/mol. The first-order chi connectivity index (χ1) is 13.4. The van der Waals surface area contributed by atoms with Gasteiger partial charge in [0.25, 0.3) is 5.91 Å². The number of carbonyl (C=O) groups excluding carboxylic acids is 2. The Kier molecular flexibility index (Phi) is 6.34. The molecule has 0 saturated carbocycles. The average molecular weight is 380 g/mol. The molecule has 0 fully saturated rings. The molecule has 0 aliphatic carbocycles. The summed E-state index contributed by atoms with van der Waals surface area (Å²) in [4.78, 5) is 26.7. The minimum Gasteiger partial charge on any atom is -0.481 e. The van der Waals surface area contributed by atoms with Gasteiger partial charge in [0.1, 0.15) is 5.75 Å². The number of amides is 2. The summed E-state index contributed by atoms with van der Waals surface area (Å²) < 4.78 is 5.68. The lowest BCUT2D eigenvalue weighted by Crippen LogP contribution is -2.36. The minimum atomic E-state index is -0.609. The van der Waals surface area contributed by atoms with Crippen molar-refractivity contribution in [2.75, 3.05) is 16.8 Å². The molecule has 28 heavy (non-hydrogen) atoms. The van der Waals surface area contributed by atoms with E-state index in [-0.39, 0.29) is 11.8 Å². The van der Waals surface area contributed by atoms with Gasteiger partial charge in [-0.3, -0.25) is 9.59 Å². The van der Waals surface area contributed by atoms with Gasteiger partial charge in [-0.25, -0.2) is 0 Å². The maximum atomic E-state index is 12.5. The van der Waals surface area contributed by atoms with E-state index < -0.39 is 6.10 Å². The molecule has 1 aliphatic heterocycles. The molecular weight excluding hydrogens is 352 g/mol. The molecule has 2 amide bonds. The number of hydrogen-bond acceptors (Lipinski definition) is 3. The Morgan fingerprint density at radius 2 is 1.86 bits per heavy atom. The first-order valence-electron chi connectivity index (χ1n) is 9.90. The zero-order chi connectivity index (χ0) is 20.1. The third-order valence-corrected chi connectivity index (χ3v) is 4.90. The van der Waals surface area contributed by atoms with Crippen LogP contribution in [0.5, 0.6) is 5.75 Å². The zero-order valence-electron chi connectivity index (χ0n) is 16.8. The summed E-state index contributed by atoms with van der Waals surface area (Å²) in [6.07, 6.45) is 1.57. The van der Waals surface area contributed by atoms with Crippen molar-refractivity contribution >= 4 is 23.2 Å². The number of para-hydroxylation sites is 1. The lowest BCUT2D eigenvalue weighted by atomic mass is 9.99. The molecule has 5 nitrogen and oxygen atoms in total. The van der Waals surface area contributed by atoms with Crippen molar-refractivity contribution in [1.29, 1.82) is 0 Å². The van der Waals surface area contributed by atoms with Crippen LogP contribution in [0.3, 0.4) is 0 Å². The number of benzene rings is 2. The van der Waals surface area contributed by atoms with Gasteiger partial charge < -0.3 is 15.0 Å². The molecule has 1 atom stereocenters. The SMILES string of the molecule is CC(C)CCN1C(=O)CCc2cc(NC(=O)C(C)Oc3ccccc3)ccc21. The number of nitrogens with zero attached hydrogens (tertiary/aromatic N) is 1. The van der Waals surface area contributed by atoms with Crippen LogP contribution in [0.4, 0.5) is 11.4 Å². The van der Waals surface area contributed by atoms with Gasteiger partial charge in [0, 0.05) is 24.3 Å². The van der Waals surface area contributed by atoms with Gasteiger partial charge in [-0.05, 0) is 61.6 Å². The van der Waals surface area contributed by atoms with Crippen molar-refractivity contribution < 1.29 is 14.3 Å². The fourth-order valence-electron chi connectivity index (χ4n) is 3.27. The zero-order valence-corrected chi connectivity index (χ0v) is 16.8.